The van der Waals surface area contributed by atoms with E-state index in [2.05, 4.69) is 29.5 Å². The van der Waals surface area contributed by atoms with Crippen molar-refractivity contribution in [3.05, 3.63) is 76.2 Å². The molecule has 9 nitrogen and oxygen atoms in total. The summed E-state index contributed by atoms with van der Waals surface area (Å²) in [7, 11) is 0. The second kappa shape index (κ2) is 13.2. The molecule has 2 atom stereocenters. The molecule has 10 heteroatoms. The van der Waals surface area contributed by atoms with Crippen LogP contribution in [0.5, 0.6) is 0 Å². The summed E-state index contributed by atoms with van der Waals surface area (Å²) in [5, 5.41) is 17.5. The van der Waals surface area contributed by atoms with Gasteiger partial charge in [0, 0.05) is 24.4 Å². The fraction of sp³-hybridized carbons (Fsp3) is 0.345. The van der Waals surface area contributed by atoms with Gasteiger partial charge in [-0.3, -0.25) is 25.0 Å². The third-order valence-electron chi connectivity index (χ3n) is 6.52. The number of benzene rings is 2. The van der Waals surface area contributed by atoms with Crippen molar-refractivity contribution in [3.8, 4) is 0 Å². The van der Waals surface area contributed by atoms with Gasteiger partial charge in [0.2, 0.25) is 12.3 Å². The Kier molecular flexibility index (Phi) is 10.1. The van der Waals surface area contributed by atoms with Gasteiger partial charge < -0.3 is 10.4 Å². The number of anilines is 1. The highest BCUT2D eigenvalue weighted by Gasteiger charge is 2.32. The number of aliphatic imine (C=N–C) groups is 1. The number of aryl methyl sites for hydroxylation is 2. The molecule has 39 heavy (non-hydrogen) atoms. The number of urea groups is 1. The predicted octanol–water partition coefficient (Wildman–Crippen LogP) is 5.21. The van der Waals surface area contributed by atoms with Crippen molar-refractivity contribution in [1.82, 2.24) is 10.6 Å². The Balaban J connectivity index is 1.76. The number of amides is 5. The van der Waals surface area contributed by atoms with Crippen LogP contribution in [0.15, 0.2) is 58.9 Å². The number of thioether (sulfide) groups is 1. The van der Waals surface area contributed by atoms with E-state index >= 15 is 0 Å². The molecule has 0 fully saturated rings. The summed E-state index contributed by atoms with van der Waals surface area (Å²) in [6.45, 7) is 9.73. The van der Waals surface area contributed by atoms with Crippen molar-refractivity contribution in [2.24, 2.45) is 4.99 Å². The summed E-state index contributed by atoms with van der Waals surface area (Å²) >= 11 is 1.24. The Morgan fingerprint density at radius 2 is 1.77 bits per heavy atom. The summed E-state index contributed by atoms with van der Waals surface area (Å²) in [5.41, 5.74) is 5.16. The first-order valence-electron chi connectivity index (χ1n) is 12.6. The average Bonchev–Trinajstić information content (AvgIpc) is 3.22. The first-order valence-corrected chi connectivity index (χ1v) is 13.5. The van der Waals surface area contributed by atoms with E-state index in [1.165, 1.54) is 11.8 Å². The molecule has 0 spiro atoms. The van der Waals surface area contributed by atoms with Crippen molar-refractivity contribution in [2.45, 2.75) is 64.5 Å². The van der Waals surface area contributed by atoms with E-state index in [0.717, 1.165) is 22.3 Å². The van der Waals surface area contributed by atoms with E-state index in [-0.39, 0.29) is 31.1 Å². The van der Waals surface area contributed by atoms with Gasteiger partial charge in [0.25, 0.3) is 5.91 Å². The van der Waals surface area contributed by atoms with Crippen LogP contribution in [0.3, 0.4) is 0 Å². The molecule has 3 rings (SSSR count). The van der Waals surface area contributed by atoms with Crippen LogP contribution in [0.1, 0.15) is 67.7 Å². The van der Waals surface area contributed by atoms with Gasteiger partial charge in [0.15, 0.2) is 5.88 Å². The number of aliphatic hydroxyl groups is 1. The highest BCUT2D eigenvalue weighted by atomic mass is 32.2. The number of nitrogens with zero attached hydrogens (tertiary/aromatic N) is 1. The minimum Gasteiger partial charge on any atom is -0.495 e. The maximum absolute atomic E-state index is 12.7. The summed E-state index contributed by atoms with van der Waals surface area (Å²) in [5.74, 6) is -1.14. The van der Waals surface area contributed by atoms with Crippen LogP contribution in [0.4, 0.5) is 10.5 Å². The summed E-state index contributed by atoms with van der Waals surface area (Å²) in [6, 6.07) is 12.7. The first-order chi connectivity index (χ1) is 18.5. The minimum absolute atomic E-state index is 0.0228. The Morgan fingerprint density at radius 1 is 1.10 bits per heavy atom. The molecule has 2 unspecified atom stereocenters. The maximum atomic E-state index is 12.7. The molecule has 0 bridgehead atoms. The topological polar surface area (TPSA) is 137 Å². The SMILES string of the molecule is C/C(=C(/O)NC(=O)NC=O)C(CC1=NC(=O)C(CC(=O)Nc2ccc(C)cc2C)S1)c1ccc(C(C)C)cc1. The fourth-order valence-corrected chi connectivity index (χ4v) is 5.37. The molecule has 1 aliphatic heterocycles. The van der Waals surface area contributed by atoms with Crippen molar-refractivity contribution in [1.29, 1.82) is 0 Å². The first kappa shape index (κ1) is 29.6. The van der Waals surface area contributed by atoms with Crippen LogP contribution >= 0.6 is 11.8 Å². The zero-order chi connectivity index (χ0) is 28.7. The second-order valence-electron chi connectivity index (χ2n) is 9.85. The number of allylic oxidation sites excluding steroid dienone is 1. The number of imide groups is 1. The number of carbonyl (C=O) groups is 4. The van der Waals surface area contributed by atoms with Gasteiger partial charge in [-0.25, -0.2) is 9.79 Å². The van der Waals surface area contributed by atoms with Gasteiger partial charge >= 0.3 is 6.03 Å². The molecule has 5 amide bonds. The molecule has 4 N–H and O–H groups in total. The molecule has 2 aromatic carbocycles. The predicted molar refractivity (Wildman–Crippen MR) is 154 cm³/mol. The standard InChI is InChI=1S/C29H34N4O5S/c1-16(2)20-7-9-21(10-8-20)22(19(5)27(36)33-29(38)30-15-34)13-26-32-28(37)24(39-26)14-25(35)31-23-11-6-17(3)12-18(23)4/h6-12,15-16,22,24,36H,13-14H2,1-5H3,(H,31,35)(H2,30,33,34,38)/b27-19-. The van der Waals surface area contributed by atoms with Crippen LogP contribution in [-0.4, -0.2) is 39.7 Å². The van der Waals surface area contributed by atoms with Crippen LogP contribution in [0, 0.1) is 13.8 Å². The van der Waals surface area contributed by atoms with Crippen LogP contribution in [0.2, 0.25) is 0 Å². The Morgan fingerprint density at radius 3 is 2.38 bits per heavy atom. The third-order valence-corrected chi connectivity index (χ3v) is 7.70. The van der Waals surface area contributed by atoms with Gasteiger partial charge in [0.1, 0.15) is 5.25 Å². The van der Waals surface area contributed by atoms with Crippen LogP contribution in [-0.2, 0) is 14.4 Å². The molecular weight excluding hydrogens is 516 g/mol. The van der Waals surface area contributed by atoms with Crippen molar-refractivity contribution < 1.29 is 24.3 Å². The molecule has 1 aliphatic rings. The molecule has 2 aromatic rings. The number of hydrogen-bond donors (Lipinski definition) is 4. The van der Waals surface area contributed by atoms with Crippen molar-refractivity contribution in [3.63, 3.8) is 0 Å². The van der Waals surface area contributed by atoms with Crippen LogP contribution < -0.4 is 16.0 Å². The lowest BCUT2D eigenvalue weighted by molar-refractivity contribution is -0.121. The number of carbonyl (C=O) groups excluding carboxylic acids is 4. The third kappa shape index (κ3) is 8.03. The van der Waals surface area contributed by atoms with Gasteiger partial charge in [-0.1, -0.05) is 67.6 Å². The lowest BCUT2D eigenvalue weighted by Gasteiger charge is -2.21. The highest BCUT2D eigenvalue weighted by molar-refractivity contribution is 8.15. The van der Waals surface area contributed by atoms with E-state index in [4.69, 9.17) is 0 Å². The van der Waals surface area contributed by atoms with E-state index in [0.29, 0.717) is 22.2 Å². The normalized spacial score (nSPS) is 16.3. The summed E-state index contributed by atoms with van der Waals surface area (Å²) in [4.78, 5) is 52.0. The molecule has 0 radical (unpaired) electrons. The van der Waals surface area contributed by atoms with E-state index < -0.39 is 23.1 Å². The summed E-state index contributed by atoms with van der Waals surface area (Å²) in [6.07, 6.45) is 0.469. The van der Waals surface area contributed by atoms with Gasteiger partial charge in [-0.2, -0.15) is 0 Å². The Bertz CT molecular complexity index is 1320. The zero-order valence-electron chi connectivity index (χ0n) is 22.7. The van der Waals surface area contributed by atoms with Gasteiger partial charge in [-0.15, -0.1) is 0 Å². The highest BCUT2D eigenvalue weighted by Crippen LogP contribution is 2.36. The number of nitrogens with one attached hydrogen (secondary N) is 3. The lowest BCUT2D eigenvalue weighted by atomic mass is 9.88. The minimum atomic E-state index is -0.867. The molecule has 0 aromatic heterocycles. The average molecular weight is 551 g/mol. The number of hydrogen-bond acceptors (Lipinski definition) is 6. The molecule has 0 saturated carbocycles. The lowest BCUT2D eigenvalue weighted by Crippen LogP contribution is -2.34. The Labute approximate surface area is 232 Å². The van der Waals surface area contributed by atoms with Gasteiger partial charge in [0.05, 0.1) is 5.04 Å². The summed E-state index contributed by atoms with van der Waals surface area (Å²) < 4.78 is 0. The Hall–Kier alpha value is -3.92. The zero-order valence-corrected chi connectivity index (χ0v) is 23.5. The van der Waals surface area contributed by atoms with E-state index in [1.807, 2.05) is 61.6 Å². The molecule has 206 valence electrons. The number of aliphatic hydroxyl groups excluding tert-OH is 1. The van der Waals surface area contributed by atoms with Gasteiger partial charge in [-0.05, 0) is 55.0 Å². The largest absolute Gasteiger partial charge is 0.495 e. The number of rotatable bonds is 10. The van der Waals surface area contributed by atoms with Crippen molar-refractivity contribution in [2.75, 3.05) is 5.32 Å². The van der Waals surface area contributed by atoms with E-state index in [1.54, 1.807) is 6.92 Å². The van der Waals surface area contributed by atoms with E-state index in [9.17, 15) is 24.3 Å². The second-order valence-corrected chi connectivity index (χ2v) is 11.1. The fourth-order valence-electron chi connectivity index (χ4n) is 4.25. The molecule has 0 saturated heterocycles. The smallest absolute Gasteiger partial charge is 0.327 e. The monoisotopic (exact) mass is 550 g/mol. The maximum Gasteiger partial charge on any atom is 0.327 e. The molecule has 0 aliphatic carbocycles. The quantitative estimate of drug-likeness (QED) is 0.237. The molecular formula is C29H34N4O5S. The van der Waals surface area contributed by atoms with Crippen LogP contribution in [0.25, 0.3) is 0 Å². The van der Waals surface area contributed by atoms with Crippen molar-refractivity contribution >= 4 is 46.7 Å². The molecule has 1 heterocycles.